The molecule has 0 saturated heterocycles. The summed E-state index contributed by atoms with van der Waals surface area (Å²) < 4.78 is 129. The zero-order valence-electron chi connectivity index (χ0n) is 80.0. The maximum absolute atomic E-state index is 18.1. The maximum Gasteiger partial charge on any atom is 0.170 e. The summed E-state index contributed by atoms with van der Waals surface area (Å²) in [6, 6.07) is 11.2. The molecular formula is C109H156Br2F6N4S8. The van der Waals surface area contributed by atoms with Gasteiger partial charge >= 0.3 is 0 Å². The largest absolute Gasteiger partial charge is 0.205 e. The van der Waals surface area contributed by atoms with Crippen molar-refractivity contribution in [2.24, 2.45) is 23.7 Å². The fourth-order valence-electron chi connectivity index (χ4n) is 19.6. The van der Waals surface area contributed by atoms with Gasteiger partial charge in [-0.05, 0) is 140 Å². The summed E-state index contributed by atoms with van der Waals surface area (Å²) in [5.74, 6) is -3.52. The van der Waals surface area contributed by atoms with E-state index in [9.17, 15) is 0 Å². The molecule has 4 atom stereocenters. The molecule has 10 aromatic rings. The fourth-order valence-corrected chi connectivity index (χ4v) is 29.2. The van der Waals surface area contributed by atoms with Gasteiger partial charge in [-0.1, -0.05) is 421 Å². The SMILES string of the molecule is CCCCCCCCCCC(C)Cc1cc(-c2c(F)c(F)c(-c3cc(CC(CCCCCCCC)CCCCCCCCCC)c(-c4cc(F)c(-c5sc(-c6sc(-c7c(F)c(F)c(-c8cc(CC(CCCCCCCC)CCCCCCCCCC)c(Br)s8)c8nsnc78)cc6CC(CCCCCCCC)CCCCCCCCCC)cc5F)s4)s3)c3nsnc23)sc1Br. The summed E-state index contributed by atoms with van der Waals surface area (Å²) in [7, 11) is 0. The Balaban J connectivity index is 1.02. The minimum Gasteiger partial charge on any atom is -0.205 e. The van der Waals surface area contributed by atoms with Gasteiger partial charge in [0.15, 0.2) is 23.3 Å². The van der Waals surface area contributed by atoms with Gasteiger partial charge in [-0.15, -0.1) is 68.0 Å². The Bertz CT molecular complexity index is 4810. The number of halogens is 8. The van der Waals surface area contributed by atoms with Crippen LogP contribution in [0.1, 0.15) is 444 Å². The molecule has 2 aromatic carbocycles. The summed E-state index contributed by atoms with van der Waals surface area (Å²) in [6.07, 6.45) is 71.9. The molecule has 20 heteroatoms. The highest BCUT2D eigenvalue weighted by molar-refractivity contribution is 9.11. The van der Waals surface area contributed by atoms with Gasteiger partial charge in [0.05, 0.1) is 63.0 Å². The van der Waals surface area contributed by atoms with E-state index >= 15 is 26.3 Å². The van der Waals surface area contributed by atoms with Crippen LogP contribution in [0.5, 0.6) is 0 Å². The first-order valence-corrected chi connectivity index (χ1v) is 59.7. The normalized spacial score (nSPS) is 13.0. The highest BCUT2D eigenvalue weighted by atomic mass is 79.9. The molecule has 716 valence electrons. The van der Waals surface area contributed by atoms with Crippen LogP contribution < -0.4 is 0 Å². The van der Waals surface area contributed by atoms with Gasteiger partial charge < -0.3 is 0 Å². The molecule has 0 aliphatic rings. The lowest BCUT2D eigenvalue weighted by molar-refractivity contribution is 0.400. The van der Waals surface area contributed by atoms with Gasteiger partial charge in [-0.3, -0.25) is 0 Å². The summed E-state index contributed by atoms with van der Waals surface area (Å²) in [5.41, 5.74) is 5.74. The molecule has 0 spiro atoms. The maximum atomic E-state index is 18.1. The highest BCUT2D eigenvalue weighted by Gasteiger charge is 2.34. The third kappa shape index (κ3) is 33.6. The fraction of sp³-hybridized carbons (Fsp3) is 0.670. The average molecular weight is 2050 g/mol. The summed E-state index contributed by atoms with van der Waals surface area (Å²) in [6.45, 7) is 18.1. The molecule has 0 aliphatic heterocycles. The minimum absolute atomic E-state index is 0.0591. The van der Waals surface area contributed by atoms with Crippen molar-refractivity contribution in [1.29, 1.82) is 0 Å². The molecule has 0 fully saturated rings. The number of nitrogens with zero attached hydrogens (tertiary/aromatic N) is 4. The molecule has 0 saturated carbocycles. The highest BCUT2D eigenvalue weighted by Crippen LogP contribution is 2.55. The second kappa shape index (κ2) is 60.5. The third-order valence-corrected chi connectivity index (χ3v) is 37.4. The Hall–Kier alpha value is -3.18. The average Bonchev–Trinajstić information content (AvgIpc) is 1.60. The molecule has 4 nitrogen and oxygen atoms in total. The van der Waals surface area contributed by atoms with Crippen LogP contribution in [0.2, 0.25) is 0 Å². The lowest BCUT2D eigenvalue weighted by atomic mass is 9.88. The van der Waals surface area contributed by atoms with Crippen molar-refractivity contribution >= 4 is 145 Å². The molecule has 0 radical (unpaired) electrons. The lowest BCUT2D eigenvalue weighted by Crippen LogP contribution is -2.05. The number of rotatable bonds is 72. The second-order valence-electron chi connectivity index (χ2n) is 38.2. The van der Waals surface area contributed by atoms with Gasteiger partial charge in [0, 0.05) is 39.0 Å². The first kappa shape index (κ1) is 108. The first-order valence-electron chi connectivity index (χ1n) is 51.7. The van der Waals surface area contributed by atoms with Crippen molar-refractivity contribution in [2.75, 3.05) is 0 Å². The Morgan fingerprint density at radius 3 is 0.713 bits per heavy atom. The summed E-state index contributed by atoms with van der Waals surface area (Å²) in [5, 5.41) is 0. The van der Waals surface area contributed by atoms with Crippen molar-refractivity contribution in [3.05, 3.63) is 101 Å². The molecule has 0 aliphatic carbocycles. The van der Waals surface area contributed by atoms with Crippen LogP contribution in [0.15, 0.2) is 44.0 Å². The number of thiophene rings is 6. The first-order chi connectivity index (χ1) is 63.0. The molecule has 10 rings (SSSR count). The third-order valence-electron chi connectivity index (χ3n) is 27.3. The number of hydrogen-bond donors (Lipinski definition) is 0. The smallest absolute Gasteiger partial charge is 0.170 e. The van der Waals surface area contributed by atoms with Gasteiger partial charge in [-0.2, -0.15) is 17.5 Å². The molecule has 8 aromatic heterocycles. The monoisotopic (exact) mass is 2050 g/mol. The van der Waals surface area contributed by atoms with E-state index in [0.29, 0.717) is 76.0 Å². The second-order valence-corrected chi connectivity index (χ2v) is 48.3. The van der Waals surface area contributed by atoms with E-state index in [1.165, 1.54) is 350 Å². The van der Waals surface area contributed by atoms with Crippen LogP contribution in [-0.4, -0.2) is 17.5 Å². The topological polar surface area (TPSA) is 51.6 Å². The van der Waals surface area contributed by atoms with Crippen molar-refractivity contribution in [1.82, 2.24) is 17.5 Å². The van der Waals surface area contributed by atoms with Crippen molar-refractivity contribution in [2.45, 2.75) is 447 Å². The molecule has 129 heavy (non-hydrogen) atoms. The molecule has 0 amide bonds. The number of aromatic nitrogens is 4. The number of unbranched alkanes of at least 4 members (excludes halogenated alkanes) is 43. The molecule has 0 bridgehead atoms. The standard InChI is InChI=1S/C109H156Br2F6N4S8/c1-9-16-23-30-37-41-45-52-59-76(8)66-82-72-88(126-108(82)110)94-98(116)96(114)92(100-102(94)120-128-118-100)86-70-80(67-77(60-53-46-34-27-20-13-5)62-56-49-42-38-31-24-17-10-2)104(122-86)90-74-84(112)106(124-90)107-85(113)75-91(125-107)105-81(68-78(61-54-47-35-28-21-14-6)63-57-50-43-39-32-25-18-11-3)71-87(123-105)93-97(115)99(117)95(103-101(93)119-129-121-103)89-73-83(109(111)127-89)69-79(64-55-48-36-29-22-15-7)65-58-51-44-40-33-26-19-12-4/h70-79H,9-69H2,1-8H3. The van der Waals surface area contributed by atoms with Crippen LogP contribution in [0, 0.1) is 58.6 Å². The van der Waals surface area contributed by atoms with Gasteiger partial charge in [-0.25, -0.2) is 26.3 Å². The molecule has 4 unspecified atom stereocenters. The Morgan fingerprint density at radius 1 is 0.240 bits per heavy atom. The zero-order valence-corrected chi connectivity index (χ0v) is 89.7. The zero-order chi connectivity index (χ0) is 91.5. The Kier molecular flexibility index (Phi) is 50.6. The summed E-state index contributed by atoms with van der Waals surface area (Å²) >= 11 is 17.7. The quantitative estimate of drug-likeness (QED) is 0.0282. The van der Waals surface area contributed by atoms with Gasteiger partial charge in [0.1, 0.15) is 33.7 Å². The summed E-state index contributed by atoms with van der Waals surface area (Å²) in [4.78, 5) is 5.28. The van der Waals surface area contributed by atoms with E-state index in [1.54, 1.807) is 0 Å². The molecular weight excluding hydrogens is 1900 g/mol. The van der Waals surface area contributed by atoms with Crippen LogP contribution in [0.4, 0.5) is 26.3 Å². The van der Waals surface area contributed by atoms with Crippen LogP contribution in [-0.2, 0) is 25.7 Å². The van der Waals surface area contributed by atoms with E-state index in [-0.39, 0.29) is 43.8 Å². The number of hydrogen-bond acceptors (Lipinski definition) is 12. The number of benzene rings is 2. The van der Waals surface area contributed by atoms with E-state index in [0.717, 1.165) is 172 Å². The van der Waals surface area contributed by atoms with Crippen LogP contribution >= 0.6 is 123 Å². The van der Waals surface area contributed by atoms with Crippen molar-refractivity contribution < 1.29 is 26.3 Å². The van der Waals surface area contributed by atoms with Crippen LogP contribution in [0.3, 0.4) is 0 Å². The van der Waals surface area contributed by atoms with Crippen LogP contribution in [0.25, 0.3) is 93.1 Å². The molecule has 0 N–H and O–H groups in total. The predicted molar refractivity (Wildman–Crippen MR) is 566 cm³/mol. The van der Waals surface area contributed by atoms with Gasteiger partial charge in [0.25, 0.3) is 0 Å². The lowest BCUT2D eigenvalue weighted by Gasteiger charge is -2.17. The number of fused-ring (bicyclic) bond motifs is 2. The van der Waals surface area contributed by atoms with E-state index < -0.39 is 34.9 Å². The minimum atomic E-state index is -0.982. The van der Waals surface area contributed by atoms with Gasteiger partial charge in [0.2, 0.25) is 0 Å². The van der Waals surface area contributed by atoms with E-state index in [4.69, 9.17) is 17.5 Å². The van der Waals surface area contributed by atoms with E-state index in [1.807, 2.05) is 18.2 Å². The van der Waals surface area contributed by atoms with E-state index in [2.05, 4.69) is 93.3 Å². The van der Waals surface area contributed by atoms with Crippen molar-refractivity contribution in [3.8, 4) is 71.0 Å². The predicted octanol–water partition coefficient (Wildman–Crippen LogP) is 43.1. The van der Waals surface area contributed by atoms with Crippen molar-refractivity contribution in [3.63, 3.8) is 0 Å². The molecule has 8 heterocycles. The Morgan fingerprint density at radius 2 is 0.450 bits per heavy atom. The Labute approximate surface area is 824 Å².